The van der Waals surface area contributed by atoms with E-state index in [9.17, 15) is 19.5 Å². The molecule has 0 fully saturated rings. The van der Waals surface area contributed by atoms with Crippen molar-refractivity contribution in [2.24, 2.45) is 0 Å². The van der Waals surface area contributed by atoms with Crippen molar-refractivity contribution in [1.29, 1.82) is 0 Å². The molecule has 1 amide bonds. The Morgan fingerprint density at radius 2 is 1.78 bits per heavy atom. The molecule has 27 heavy (non-hydrogen) atoms. The zero-order chi connectivity index (χ0) is 19.4. The molecule has 1 heterocycles. The lowest BCUT2D eigenvalue weighted by Crippen LogP contribution is -2.23. The van der Waals surface area contributed by atoms with Gasteiger partial charge in [0, 0.05) is 15.8 Å². The van der Waals surface area contributed by atoms with Gasteiger partial charge in [0.2, 0.25) is 0 Å². The van der Waals surface area contributed by atoms with Gasteiger partial charge in [0.15, 0.2) is 4.34 Å². The average Bonchev–Trinajstić information content (AvgIpc) is 3.11. The van der Waals surface area contributed by atoms with Crippen molar-refractivity contribution in [3.8, 4) is 11.3 Å². The summed E-state index contributed by atoms with van der Waals surface area (Å²) in [5, 5.41) is 21.9. The van der Waals surface area contributed by atoms with E-state index in [1.165, 1.54) is 35.2 Å². The van der Waals surface area contributed by atoms with Gasteiger partial charge in [-0.25, -0.2) is 14.6 Å². The summed E-state index contributed by atoms with van der Waals surface area (Å²) in [5.74, 6) is -4.27. The van der Waals surface area contributed by atoms with Crippen LogP contribution in [0.4, 0.5) is 5.69 Å². The number of carboxylic acids is 2. The second-order valence-electron chi connectivity index (χ2n) is 5.24. The first-order valence-corrected chi connectivity index (χ1v) is 9.24. The summed E-state index contributed by atoms with van der Waals surface area (Å²) in [6.07, 6.45) is 0. The zero-order valence-corrected chi connectivity index (χ0v) is 15.2. The summed E-state index contributed by atoms with van der Waals surface area (Å²) in [6.45, 7) is 0. The zero-order valence-electron chi connectivity index (χ0n) is 13.6. The lowest BCUT2D eigenvalue weighted by molar-refractivity contribution is -0.147. The van der Waals surface area contributed by atoms with Crippen LogP contribution < -0.4 is 5.32 Å². The highest BCUT2D eigenvalue weighted by Gasteiger charge is 2.18. The summed E-state index contributed by atoms with van der Waals surface area (Å²) in [5.41, 5.74) is 1.53. The minimum atomic E-state index is -1.70. The quantitative estimate of drug-likeness (QED) is 0.559. The third-order valence-electron chi connectivity index (χ3n) is 3.42. The van der Waals surface area contributed by atoms with Crippen LogP contribution >= 0.6 is 23.1 Å². The van der Waals surface area contributed by atoms with Crippen molar-refractivity contribution in [2.45, 2.75) is 9.24 Å². The highest BCUT2D eigenvalue weighted by atomic mass is 32.2. The van der Waals surface area contributed by atoms with E-state index in [1.54, 1.807) is 6.07 Å². The van der Waals surface area contributed by atoms with E-state index in [2.05, 4.69) is 10.3 Å². The highest BCUT2D eigenvalue weighted by Crippen LogP contribution is 2.35. The van der Waals surface area contributed by atoms with Crippen LogP contribution in [-0.2, 0) is 9.59 Å². The molecule has 3 N–H and O–H groups in total. The minimum Gasteiger partial charge on any atom is -0.478 e. The molecule has 0 aliphatic heterocycles. The number of hydrogen-bond acceptors (Lipinski definition) is 6. The van der Waals surface area contributed by atoms with Gasteiger partial charge in [-0.15, -0.1) is 11.3 Å². The number of carboxylic acid groups (broad SMARTS) is 2. The molecule has 0 saturated heterocycles. The number of aromatic nitrogens is 1. The van der Waals surface area contributed by atoms with Crippen molar-refractivity contribution in [3.63, 3.8) is 0 Å². The molecule has 1 aromatic heterocycles. The van der Waals surface area contributed by atoms with Crippen molar-refractivity contribution < 1.29 is 24.6 Å². The maximum absolute atomic E-state index is 11.4. The van der Waals surface area contributed by atoms with E-state index in [4.69, 9.17) is 5.11 Å². The number of rotatable bonds is 5. The van der Waals surface area contributed by atoms with Crippen LogP contribution in [-0.4, -0.2) is 33.0 Å². The van der Waals surface area contributed by atoms with Gasteiger partial charge >= 0.3 is 17.8 Å². The molecule has 136 valence electrons. The topological polar surface area (TPSA) is 117 Å². The van der Waals surface area contributed by atoms with Gasteiger partial charge in [0.1, 0.15) is 0 Å². The monoisotopic (exact) mass is 400 g/mol. The Morgan fingerprint density at radius 1 is 1.04 bits per heavy atom. The number of thiazole rings is 1. The largest absolute Gasteiger partial charge is 0.478 e. The standard InChI is InChI=1S/C18H12N2O5S2/c21-15(17(24)25)19-13-8-11(6-7-12(13)16(22)23)27-18-20-14(9-26-18)10-4-2-1-3-5-10/h1-9H,(H,19,21)(H,22,23)(H,24,25). The molecule has 0 atom stereocenters. The highest BCUT2D eigenvalue weighted by molar-refractivity contribution is 8.01. The third-order valence-corrected chi connectivity index (χ3v) is 5.35. The maximum Gasteiger partial charge on any atom is 0.394 e. The van der Waals surface area contributed by atoms with Gasteiger partial charge in [-0.1, -0.05) is 42.1 Å². The molecular weight excluding hydrogens is 388 g/mol. The van der Waals surface area contributed by atoms with Crippen molar-refractivity contribution in [3.05, 3.63) is 59.5 Å². The van der Waals surface area contributed by atoms with Gasteiger partial charge in [-0.05, 0) is 18.2 Å². The number of aliphatic carboxylic acids is 1. The Balaban J connectivity index is 1.85. The molecular formula is C18H12N2O5S2. The van der Waals surface area contributed by atoms with Gasteiger partial charge in [-0.3, -0.25) is 4.79 Å². The summed E-state index contributed by atoms with van der Waals surface area (Å²) in [4.78, 5) is 38.6. The molecule has 3 rings (SSSR count). The van der Waals surface area contributed by atoms with E-state index in [0.29, 0.717) is 4.90 Å². The summed E-state index contributed by atoms with van der Waals surface area (Å²) in [7, 11) is 0. The van der Waals surface area contributed by atoms with Crippen LogP contribution in [0.5, 0.6) is 0 Å². The number of nitrogens with zero attached hydrogens (tertiary/aromatic N) is 1. The number of nitrogens with one attached hydrogen (secondary N) is 1. The van der Waals surface area contributed by atoms with E-state index in [0.717, 1.165) is 15.6 Å². The lowest BCUT2D eigenvalue weighted by atomic mass is 10.2. The van der Waals surface area contributed by atoms with Gasteiger partial charge < -0.3 is 15.5 Å². The number of aromatic carboxylic acids is 1. The Morgan fingerprint density at radius 3 is 2.44 bits per heavy atom. The molecule has 9 heteroatoms. The number of carbonyl (C=O) groups excluding carboxylic acids is 1. The number of benzene rings is 2. The van der Waals surface area contributed by atoms with Gasteiger partial charge in [-0.2, -0.15) is 0 Å². The first-order valence-electron chi connectivity index (χ1n) is 7.54. The second-order valence-corrected chi connectivity index (χ2v) is 7.42. The van der Waals surface area contributed by atoms with E-state index in [1.807, 2.05) is 35.7 Å². The van der Waals surface area contributed by atoms with Crippen molar-refractivity contribution in [1.82, 2.24) is 4.98 Å². The summed E-state index contributed by atoms with van der Waals surface area (Å²) in [6, 6.07) is 14.0. The number of amides is 1. The molecule has 3 aromatic rings. The molecule has 0 aliphatic carbocycles. The van der Waals surface area contributed by atoms with E-state index >= 15 is 0 Å². The fourth-order valence-corrected chi connectivity index (χ4v) is 4.04. The second kappa shape index (κ2) is 8.02. The van der Waals surface area contributed by atoms with Crippen LogP contribution in [0.1, 0.15) is 10.4 Å². The fourth-order valence-electron chi connectivity index (χ4n) is 2.20. The molecule has 2 aromatic carbocycles. The van der Waals surface area contributed by atoms with Gasteiger partial charge in [0.05, 0.1) is 16.9 Å². The molecule has 0 aliphatic rings. The van der Waals surface area contributed by atoms with Crippen LogP contribution in [0.2, 0.25) is 0 Å². The Bertz CT molecular complexity index is 1020. The van der Waals surface area contributed by atoms with Crippen LogP contribution in [0, 0.1) is 0 Å². The van der Waals surface area contributed by atoms with E-state index in [-0.39, 0.29) is 11.3 Å². The Kier molecular flexibility index (Phi) is 5.53. The van der Waals surface area contributed by atoms with Gasteiger partial charge in [0.25, 0.3) is 0 Å². The van der Waals surface area contributed by atoms with Crippen LogP contribution in [0.3, 0.4) is 0 Å². The molecule has 0 unspecified atom stereocenters. The lowest BCUT2D eigenvalue weighted by Gasteiger charge is -2.08. The third kappa shape index (κ3) is 4.52. The summed E-state index contributed by atoms with van der Waals surface area (Å²) >= 11 is 2.72. The SMILES string of the molecule is O=C(O)C(=O)Nc1cc(Sc2nc(-c3ccccc3)cs2)ccc1C(=O)O. The minimum absolute atomic E-state index is 0.0836. The van der Waals surface area contributed by atoms with Crippen molar-refractivity contribution >= 4 is 46.6 Å². The fraction of sp³-hybridized carbons (Fsp3) is 0. The predicted molar refractivity (Wildman–Crippen MR) is 101 cm³/mol. The normalized spacial score (nSPS) is 10.4. The Hall–Kier alpha value is -3.17. The number of hydrogen-bond donors (Lipinski definition) is 3. The molecule has 0 saturated carbocycles. The molecule has 0 spiro atoms. The molecule has 0 bridgehead atoms. The van der Waals surface area contributed by atoms with Crippen LogP contribution in [0.15, 0.2) is 63.1 Å². The van der Waals surface area contributed by atoms with Crippen LogP contribution in [0.25, 0.3) is 11.3 Å². The molecule has 0 radical (unpaired) electrons. The molecule has 7 nitrogen and oxygen atoms in total. The number of carbonyl (C=O) groups is 3. The first kappa shape index (κ1) is 18.6. The summed E-state index contributed by atoms with van der Waals surface area (Å²) < 4.78 is 0.729. The average molecular weight is 400 g/mol. The predicted octanol–water partition coefficient (Wildman–Crippen LogP) is 3.68. The maximum atomic E-state index is 11.4. The number of anilines is 1. The smallest absolute Gasteiger partial charge is 0.394 e. The first-order chi connectivity index (χ1) is 12.9. The van der Waals surface area contributed by atoms with Crippen molar-refractivity contribution in [2.75, 3.05) is 5.32 Å². The Labute approximate surface area is 161 Å². The van der Waals surface area contributed by atoms with E-state index < -0.39 is 17.8 Å².